The van der Waals surface area contributed by atoms with Crippen molar-refractivity contribution in [2.75, 3.05) is 6.61 Å². The zero-order valence-electron chi connectivity index (χ0n) is 13.0. The summed E-state index contributed by atoms with van der Waals surface area (Å²) in [6.07, 6.45) is 2.21. The summed E-state index contributed by atoms with van der Waals surface area (Å²) < 4.78 is 6.23. The Balaban J connectivity index is 2.16. The third-order valence-corrected chi connectivity index (χ3v) is 3.95. The summed E-state index contributed by atoms with van der Waals surface area (Å²) >= 11 is 0.949. The summed E-state index contributed by atoms with van der Waals surface area (Å²) in [5.74, 6) is -0.440. The number of nitrogens with zero attached hydrogens (tertiary/aromatic N) is 2. The molecule has 1 aromatic heterocycles. The van der Waals surface area contributed by atoms with Crippen molar-refractivity contribution in [2.24, 2.45) is 4.99 Å². The van der Waals surface area contributed by atoms with Crippen LogP contribution in [0.4, 0.5) is 5.69 Å². The van der Waals surface area contributed by atoms with Crippen LogP contribution in [0.5, 0.6) is 5.88 Å². The Hall–Kier alpha value is -2.41. The maximum Gasteiger partial charge on any atom is 0.338 e. The van der Waals surface area contributed by atoms with Gasteiger partial charge in [-0.1, -0.05) is 18.3 Å². The fourth-order valence-electron chi connectivity index (χ4n) is 1.95. The second-order valence-corrected chi connectivity index (χ2v) is 5.73. The maximum absolute atomic E-state index is 11.8. The van der Waals surface area contributed by atoms with E-state index >= 15 is 0 Å². The molecule has 0 fully saturated rings. The quantitative estimate of drug-likeness (QED) is 0.650. The van der Waals surface area contributed by atoms with E-state index < -0.39 is 0 Å². The van der Waals surface area contributed by atoms with Crippen LogP contribution >= 0.6 is 11.3 Å². The van der Waals surface area contributed by atoms with Gasteiger partial charge in [-0.3, -0.25) is 14.4 Å². The van der Waals surface area contributed by atoms with Crippen LogP contribution in [0.25, 0.3) is 0 Å². The van der Waals surface area contributed by atoms with Crippen LogP contribution in [0.2, 0.25) is 0 Å². The largest absolute Gasteiger partial charge is 0.493 e. The zero-order valence-corrected chi connectivity index (χ0v) is 13.8. The molecule has 7 heteroatoms. The van der Waals surface area contributed by atoms with Crippen molar-refractivity contribution in [1.29, 1.82) is 0 Å². The molecular weight excluding hydrogens is 316 g/mol. The van der Waals surface area contributed by atoms with E-state index in [2.05, 4.69) is 4.99 Å². The molecule has 0 spiro atoms. The van der Waals surface area contributed by atoms with E-state index in [1.165, 1.54) is 10.8 Å². The molecule has 6 nitrogen and oxygen atoms in total. The molecule has 2 aromatic rings. The van der Waals surface area contributed by atoms with Gasteiger partial charge in [0.05, 0.1) is 24.1 Å². The SMILES string of the molecule is CCCn1c(O)c(C=Nc2ccc(C(=O)OCC)cc2)sc1=O. The number of aromatic nitrogens is 1. The number of aliphatic imine (C=N–C) groups is 1. The lowest BCUT2D eigenvalue weighted by atomic mass is 10.2. The molecule has 0 saturated heterocycles. The molecule has 0 aliphatic rings. The van der Waals surface area contributed by atoms with Crippen LogP contribution in [0, 0.1) is 0 Å². The maximum atomic E-state index is 11.8. The molecule has 0 aliphatic heterocycles. The number of ether oxygens (including phenoxy) is 1. The van der Waals surface area contributed by atoms with Gasteiger partial charge in [-0.15, -0.1) is 0 Å². The highest BCUT2D eigenvalue weighted by atomic mass is 32.1. The van der Waals surface area contributed by atoms with Gasteiger partial charge in [0, 0.05) is 6.54 Å². The number of esters is 1. The van der Waals surface area contributed by atoms with Gasteiger partial charge < -0.3 is 9.84 Å². The lowest BCUT2D eigenvalue weighted by molar-refractivity contribution is 0.0526. The molecule has 122 valence electrons. The van der Waals surface area contributed by atoms with Crippen LogP contribution in [0.3, 0.4) is 0 Å². The average molecular weight is 334 g/mol. The average Bonchev–Trinajstić information content (AvgIpc) is 2.81. The zero-order chi connectivity index (χ0) is 16.8. The van der Waals surface area contributed by atoms with Crippen molar-refractivity contribution in [3.05, 3.63) is 44.4 Å². The topological polar surface area (TPSA) is 80.9 Å². The van der Waals surface area contributed by atoms with Crippen molar-refractivity contribution in [3.63, 3.8) is 0 Å². The molecular formula is C16H18N2O4S. The Morgan fingerprint density at radius 3 is 2.65 bits per heavy atom. The van der Waals surface area contributed by atoms with Gasteiger partial charge in [0.1, 0.15) is 4.88 Å². The first-order valence-electron chi connectivity index (χ1n) is 7.30. The molecule has 1 heterocycles. The van der Waals surface area contributed by atoms with E-state index in [1.54, 1.807) is 31.2 Å². The van der Waals surface area contributed by atoms with Crippen LogP contribution in [-0.2, 0) is 11.3 Å². The van der Waals surface area contributed by atoms with E-state index in [0.29, 0.717) is 29.3 Å². The Labute approximate surface area is 137 Å². The number of rotatable bonds is 6. The molecule has 0 unspecified atom stereocenters. The molecule has 0 bridgehead atoms. The number of carbonyl (C=O) groups excluding carboxylic acids is 1. The number of aromatic hydroxyl groups is 1. The summed E-state index contributed by atoms with van der Waals surface area (Å²) in [6.45, 7) is 4.48. The summed E-state index contributed by atoms with van der Waals surface area (Å²) in [5, 5.41) is 10.0. The summed E-state index contributed by atoms with van der Waals surface area (Å²) in [7, 11) is 0. The smallest absolute Gasteiger partial charge is 0.338 e. The molecule has 0 radical (unpaired) electrons. The highest BCUT2D eigenvalue weighted by Crippen LogP contribution is 2.20. The van der Waals surface area contributed by atoms with E-state index in [1.807, 2.05) is 6.92 Å². The minimum Gasteiger partial charge on any atom is -0.493 e. The van der Waals surface area contributed by atoms with Gasteiger partial charge in [0.25, 0.3) is 0 Å². The second kappa shape index (κ2) is 7.73. The number of hydrogen-bond acceptors (Lipinski definition) is 6. The molecule has 23 heavy (non-hydrogen) atoms. The minimum atomic E-state index is -0.379. The minimum absolute atomic E-state index is 0.0613. The summed E-state index contributed by atoms with van der Waals surface area (Å²) in [4.78, 5) is 27.7. The summed E-state index contributed by atoms with van der Waals surface area (Å²) in [5.41, 5.74) is 1.06. The number of hydrogen-bond donors (Lipinski definition) is 1. The summed E-state index contributed by atoms with van der Waals surface area (Å²) in [6, 6.07) is 6.59. The first kappa shape index (κ1) is 17.0. The Morgan fingerprint density at radius 2 is 2.04 bits per heavy atom. The van der Waals surface area contributed by atoms with Gasteiger partial charge in [-0.05, 0) is 37.6 Å². The highest BCUT2D eigenvalue weighted by Gasteiger charge is 2.11. The van der Waals surface area contributed by atoms with Gasteiger partial charge in [-0.2, -0.15) is 0 Å². The monoisotopic (exact) mass is 334 g/mol. The van der Waals surface area contributed by atoms with Crippen LogP contribution < -0.4 is 4.87 Å². The number of carbonyl (C=O) groups is 1. The predicted molar refractivity (Wildman–Crippen MR) is 90.2 cm³/mol. The van der Waals surface area contributed by atoms with E-state index in [9.17, 15) is 14.7 Å². The number of thiazole rings is 1. The fourth-order valence-corrected chi connectivity index (χ4v) is 2.73. The van der Waals surface area contributed by atoms with Gasteiger partial charge in [-0.25, -0.2) is 4.79 Å². The molecule has 1 N–H and O–H groups in total. The van der Waals surface area contributed by atoms with Crippen molar-refractivity contribution >= 4 is 29.2 Å². The molecule has 0 amide bonds. The van der Waals surface area contributed by atoms with Crippen molar-refractivity contribution in [2.45, 2.75) is 26.8 Å². The Morgan fingerprint density at radius 1 is 1.35 bits per heavy atom. The van der Waals surface area contributed by atoms with E-state index in [-0.39, 0.29) is 16.7 Å². The lowest BCUT2D eigenvalue weighted by Crippen LogP contribution is -2.11. The van der Waals surface area contributed by atoms with Crippen LogP contribution in [-0.4, -0.2) is 28.5 Å². The number of benzene rings is 1. The van der Waals surface area contributed by atoms with Crippen LogP contribution in [0.15, 0.2) is 34.1 Å². The van der Waals surface area contributed by atoms with Gasteiger partial charge in [0.15, 0.2) is 0 Å². The van der Waals surface area contributed by atoms with Crippen molar-refractivity contribution in [3.8, 4) is 5.88 Å². The molecule has 2 rings (SSSR count). The molecule has 1 aromatic carbocycles. The van der Waals surface area contributed by atoms with Gasteiger partial charge >= 0.3 is 10.8 Å². The molecule has 0 aliphatic carbocycles. The third-order valence-electron chi connectivity index (χ3n) is 3.05. The molecule has 0 saturated carbocycles. The van der Waals surface area contributed by atoms with Crippen molar-refractivity contribution in [1.82, 2.24) is 4.57 Å². The Bertz CT molecular complexity index is 759. The van der Waals surface area contributed by atoms with Gasteiger partial charge in [0.2, 0.25) is 5.88 Å². The third kappa shape index (κ3) is 4.07. The van der Waals surface area contributed by atoms with E-state index in [0.717, 1.165) is 17.8 Å². The van der Waals surface area contributed by atoms with Crippen LogP contribution in [0.1, 0.15) is 35.5 Å². The standard InChI is InChI=1S/C16H18N2O4S/c1-3-9-18-14(19)13(23-16(18)21)10-17-12-7-5-11(6-8-12)15(20)22-4-2/h5-8,10,19H,3-4,9H2,1-2H3. The predicted octanol–water partition coefficient (Wildman–Crippen LogP) is 2.95. The fraction of sp³-hybridized carbons (Fsp3) is 0.312. The molecule has 0 atom stereocenters. The van der Waals surface area contributed by atoms with E-state index in [4.69, 9.17) is 4.74 Å². The first-order chi connectivity index (χ1) is 11.1. The van der Waals surface area contributed by atoms with Crippen molar-refractivity contribution < 1.29 is 14.6 Å². The highest BCUT2D eigenvalue weighted by molar-refractivity contribution is 7.11. The first-order valence-corrected chi connectivity index (χ1v) is 8.12. The normalized spacial score (nSPS) is 11.0. The second-order valence-electron chi connectivity index (χ2n) is 4.73. The lowest BCUT2D eigenvalue weighted by Gasteiger charge is -2.01. The Kier molecular flexibility index (Phi) is 5.70.